The van der Waals surface area contributed by atoms with Gasteiger partial charge in [0.15, 0.2) is 0 Å². The summed E-state index contributed by atoms with van der Waals surface area (Å²) in [5.41, 5.74) is 0.0726. The highest BCUT2D eigenvalue weighted by molar-refractivity contribution is 6.29. The number of aromatic nitrogens is 2. The largest absolute Gasteiger partial charge is 0.319 e. The van der Waals surface area contributed by atoms with Crippen molar-refractivity contribution in [1.82, 2.24) is 9.55 Å². The van der Waals surface area contributed by atoms with Crippen LogP contribution >= 0.6 is 11.6 Å². The minimum Gasteiger partial charge on any atom is -0.319 e. The molecule has 1 heterocycles. The number of halogens is 1. The van der Waals surface area contributed by atoms with Crippen LogP contribution in [0.4, 0.5) is 0 Å². The standard InChI is InChI=1S/C9H15ClN2/c1-5-12-7(10)6-11-8(12)9(2,3)4/h6H,5H2,1-4H3. The molecule has 1 aromatic rings. The summed E-state index contributed by atoms with van der Waals surface area (Å²) in [6.45, 7) is 9.36. The maximum Gasteiger partial charge on any atom is 0.128 e. The first-order valence-corrected chi connectivity index (χ1v) is 4.56. The van der Waals surface area contributed by atoms with Crippen molar-refractivity contribution in [3.05, 3.63) is 17.2 Å². The number of imidazole rings is 1. The predicted octanol–water partition coefficient (Wildman–Crippen LogP) is 2.85. The van der Waals surface area contributed by atoms with Gasteiger partial charge in [0, 0.05) is 12.0 Å². The molecule has 68 valence electrons. The van der Waals surface area contributed by atoms with E-state index in [-0.39, 0.29) is 5.41 Å². The van der Waals surface area contributed by atoms with Crippen molar-refractivity contribution in [3.8, 4) is 0 Å². The second-order valence-electron chi connectivity index (χ2n) is 3.90. The molecule has 0 N–H and O–H groups in total. The van der Waals surface area contributed by atoms with Gasteiger partial charge in [0.25, 0.3) is 0 Å². The maximum atomic E-state index is 5.95. The molecule has 0 amide bonds. The van der Waals surface area contributed by atoms with E-state index < -0.39 is 0 Å². The fourth-order valence-electron chi connectivity index (χ4n) is 1.25. The van der Waals surface area contributed by atoms with Gasteiger partial charge in [-0.3, -0.25) is 0 Å². The molecule has 3 heteroatoms. The van der Waals surface area contributed by atoms with Gasteiger partial charge >= 0.3 is 0 Å². The second-order valence-corrected chi connectivity index (χ2v) is 4.29. The monoisotopic (exact) mass is 186 g/mol. The summed E-state index contributed by atoms with van der Waals surface area (Å²) in [5.74, 6) is 1.05. The van der Waals surface area contributed by atoms with E-state index in [9.17, 15) is 0 Å². The highest BCUT2D eigenvalue weighted by Gasteiger charge is 2.20. The van der Waals surface area contributed by atoms with Gasteiger partial charge in [-0.25, -0.2) is 4.98 Å². The molecule has 12 heavy (non-hydrogen) atoms. The van der Waals surface area contributed by atoms with E-state index in [2.05, 4.69) is 32.7 Å². The van der Waals surface area contributed by atoms with E-state index in [0.717, 1.165) is 17.5 Å². The number of rotatable bonds is 1. The molecule has 0 bridgehead atoms. The zero-order valence-corrected chi connectivity index (χ0v) is 8.81. The topological polar surface area (TPSA) is 17.8 Å². The molecule has 0 saturated heterocycles. The molecule has 0 unspecified atom stereocenters. The van der Waals surface area contributed by atoms with Crippen molar-refractivity contribution in [3.63, 3.8) is 0 Å². The summed E-state index contributed by atoms with van der Waals surface area (Å²) in [4.78, 5) is 4.29. The third-order valence-electron chi connectivity index (χ3n) is 1.79. The van der Waals surface area contributed by atoms with Crippen LogP contribution in [0.5, 0.6) is 0 Å². The first-order valence-electron chi connectivity index (χ1n) is 4.18. The molecule has 1 rings (SSSR count). The fourth-order valence-corrected chi connectivity index (χ4v) is 1.50. The lowest BCUT2D eigenvalue weighted by Gasteiger charge is -2.19. The normalized spacial score (nSPS) is 12.1. The molecule has 0 saturated carbocycles. The molecule has 0 aliphatic carbocycles. The zero-order valence-electron chi connectivity index (χ0n) is 8.06. The van der Waals surface area contributed by atoms with Gasteiger partial charge in [-0.15, -0.1) is 0 Å². The van der Waals surface area contributed by atoms with Gasteiger partial charge in [0.2, 0.25) is 0 Å². The first-order chi connectivity index (χ1) is 5.46. The lowest BCUT2D eigenvalue weighted by molar-refractivity contribution is 0.506. The van der Waals surface area contributed by atoms with Crippen LogP contribution < -0.4 is 0 Å². The number of hydrogen-bond donors (Lipinski definition) is 0. The van der Waals surface area contributed by atoms with Gasteiger partial charge < -0.3 is 4.57 Å². The lowest BCUT2D eigenvalue weighted by atomic mass is 9.96. The van der Waals surface area contributed by atoms with E-state index in [0.29, 0.717) is 0 Å². The average Bonchev–Trinajstić information content (AvgIpc) is 2.29. The van der Waals surface area contributed by atoms with E-state index in [1.165, 1.54) is 0 Å². The van der Waals surface area contributed by atoms with Crippen LogP contribution in [-0.2, 0) is 12.0 Å². The van der Waals surface area contributed by atoms with Crippen LogP contribution in [0.25, 0.3) is 0 Å². The van der Waals surface area contributed by atoms with Gasteiger partial charge in [-0.2, -0.15) is 0 Å². The van der Waals surface area contributed by atoms with E-state index in [1.54, 1.807) is 6.20 Å². The smallest absolute Gasteiger partial charge is 0.128 e. The Labute approximate surface area is 78.6 Å². The van der Waals surface area contributed by atoms with Gasteiger partial charge in [0.05, 0.1) is 6.20 Å². The quantitative estimate of drug-likeness (QED) is 0.660. The molecular weight excluding hydrogens is 172 g/mol. The van der Waals surface area contributed by atoms with Crippen LogP contribution in [0.3, 0.4) is 0 Å². The predicted molar refractivity (Wildman–Crippen MR) is 51.6 cm³/mol. The fraction of sp³-hybridized carbons (Fsp3) is 0.667. The molecule has 2 nitrogen and oxygen atoms in total. The Morgan fingerprint density at radius 2 is 2.08 bits per heavy atom. The molecule has 0 aliphatic rings. The Morgan fingerprint density at radius 1 is 1.50 bits per heavy atom. The van der Waals surface area contributed by atoms with Crippen LogP contribution in [0.2, 0.25) is 5.15 Å². The summed E-state index contributed by atoms with van der Waals surface area (Å²) >= 11 is 5.95. The summed E-state index contributed by atoms with van der Waals surface area (Å²) in [6.07, 6.45) is 1.71. The maximum absolute atomic E-state index is 5.95. The van der Waals surface area contributed by atoms with Crippen LogP contribution in [0.1, 0.15) is 33.5 Å². The summed E-state index contributed by atoms with van der Waals surface area (Å²) < 4.78 is 2.03. The Hall–Kier alpha value is -0.500. The van der Waals surface area contributed by atoms with E-state index in [4.69, 9.17) is 11.6 Å². The van der Waals surface area contributed by atoms with E-state index in [1.807, 2.05) is 4.57 Å². The molecular formula is C9H15ClN2. The lowest BCUT2D eigenvalue weighted by Crippen LogP contribution is -2.18. The molecule has 1 aromatic heterocycles. The second kappa shape index (κ2) is 3.09. The third-order valence-corrected chi connectivity index (χ3v) is 2.10. The van der Waals surface area contributed by atoms with Crippen LogP contribution in [-0.4, -0.2) is 9.55 Å². The van der Waals surface area contributed by atoms with Gasteiger partial charge in [0.1, 0.15) is 11.0 Å². The minimum atomic E-state index is 0.0726. The number of nitrogens with zero attached hydrogens (tertiary/aromatic N) is 2. The molecule has 0 fully saturated rings. The Balaban J connectivity index is 3.16. The Kier molecular flexibility index (Phi) is 2.47. The Morgan fingerprint density at radius 3 is 2.42 bits per heavy atom. The summed E-state index contributed by atoms with van der Waals surface area (Å²) in [5, 5.41) is 0.724. The number of hydrogen-bond acceptors (Lipinski definition) is 1. The van der Waals surface area contributed by atoms with Gasteiger partial charge in [-0.1, -0.05) is 32.4 Å². The molecule has 0 atom stereocenters. The van der Waals surface area contributed by atoms with Crippen LogP contribution in [0.15, 0.2) is 6.20 Å². The van der Waals surface area contributed by atoms with Crippen molar-refractivity contribution in [1.29, 1.82) is 0 Å². The van der Waals surface area contributed by atoms with Crippen molar-refractivity contribution < 1.29 is 0 Å². The summed E-state index contributed by atoms with van der Waals surface area (Å²) in [7, 11) is 0. The third kappa shape index (κ3) is 1.63. The molecule has 0 aliphatic heterocycles. The average molecular weight is 187 g/mol. The van der Waals surface area contributed by atoms with Crippen molar-refractivity contribution in [2.75, 3.05) is 0 Å². The zero-order chi connectivity index (χ0) is 9.35. The van der Waals surface area contributed by atoms with Crippen molar-refractivity contribution >= 4 is 11.6 Å². The van der Waals surface area contributed by atoms with E-state index >= 15 is 0 Å². The van der Waals surface area contributed by atoms with Gasteiger partial charge in [-0.05, 0) is 6.92 Å². The minimum absolute atomic E-state index is 0.0726. The van der Waals surface area contributed by atoms with Crippen LogP contribution in [0, 0.1) is 0 Å². The van der Waals surface area contributed by atoms with Crippen molar-refractivity contribution in [2.24, 2.45) is 0 Å². The first kappa shape index (κ1) is 9.59. The molecule has 0 spiro atoms. The SMILES string of the molecule is CCn1c(Cl)cnc1C(C)(C)C. The molecule has 0 aromatic carbocycles. The summed E-state index contributed by atoms with van der Waals surface area (Å²) in [6, 6.07) is 0. The highest BCUT2D eigenvalue weighted by atomic mass is 35.5. The molecule has 0 radical (unpaired) electrons. The highest BCUT2D eigenvalue weighted by Crippen LogP contribution is 2.23. The van der Waals surface area contributed by atoms with Crippen molar-refractivity contribution in [2.45, 2.75) is 39.7 Å². The Bertz CT molecular complexity index is 271.